The van der Waals surface area contributed by atoms with E-state index < -0.39 is 0 Å². The van der Waals surface area contributed by atoms with Crippen LogP contribution in [-0.4, -0.2) is 17.9 Å². The zero-order chi connectivity index (χ0) is 13.8. The van der Waals surface area contributed by atoms with Gasteiger partial charge >= 0.3 is 0 Å². The number of carbonyl (C=O) groups excluding carboxylic acids is 1. The van der Waals surface area contributed by atoms with E-state index in [-0.39, 0.29) is 17.6 Å². The number of rotatable bonds is 3. The van der Waals surface area contributed by atoms with Crippen LogP contribution in [0.15, 0.2) is 34.8 Å². The molecule has 1 aromatic carbocycles. The Hall–Kier alpha value is -1.16. The fourth-order valence-corrected chi connectivity index (χ4v) is 2.74. The van der Waals surface area contributed by atoms with Gasteiger partial charge in [-0.15, -0.1) is 0 Å². The van der Waals surface area contributed by atoms with E-state index >= 15 is 0 Å². The fraction of sp³-hybridized carbons (Fsp3) is 0.400. The number of benzene rings is 1. The predicted molar refractivity (Wildman–Crippen MR) is 77.1 cm³/mol. The molecule has 102 valence electrons. The minimum atomic E-state index is -0.272. The van der Waals surface area contributed by atoms with Crippen LogP contribution in [0.1, 0.15) is 24.8 Å². The van der Waals surface area contributed by atoms with Gasteiger partial charge in [0.25, 0.3) is 0 Å². The molecule has 2 rings (SSSR count). The summed E-state index contributed by atoms with van der Waals surface area (Å²) >= 11 is 3.32. The molecule has 1 amide bonds. The minimum Gasteiger partial charge on any atom is -0.341 e. The van der Waals surface area contributed by atoms with Crippen LogP contribution in [0.2, 0.25) is 0 Å². The molecule has 0 radical (unpaired) electrons. The van der Waals surface area contributed by atoms with Gasteiger partial charge in [-0.25, -0.2) is 4.39 Å². The maximum atomic E-state index is 13.7. The summed E-state index contributed by atoms with van der Waals surface area (Å²) in [5.74, 6) is -0.125. The number of hydrogen-bond donors (Lipinski definition) is 0. The number of halogens is 2. The molecular formula is C15H17BrFNO. The van der Waals surface area contributed by atoms with E-state index in [4.69, 9.17) is 0 Å². The van der Waals surface area contributed by atoms with Crippen molar-refractivity contribution in [1.29, 1.82) is 0 Å². The van der Waals surface area contributed by atoms with E-state index in [9.17, 15) is 9.18 Å². The van der Waals surface area contributed by atoms with Crippen molar-refractivity contribution in [1.82, 2.24) is 4.90 Å². The van der Waals surface area contributed by atoms with Crippen LogP contribution < -0.4 is 0 Å². The van der Waals surface area contributed by atoms with E-state index in [1.807, 2.05) is 0 Å². The van der Waals surface area contributed by atoms with Gasteiger partial charge in [-0.1, -0.05) is 28.1 Å². The van der Waals surface area contributed by atoms with Crippen molar-refractivity contribution < 1.29 is 9.18 Å². The fourth-order valence-electron chi connectivity index (χ4n) is 2.33. The number of nitrogens with zero attached hydrogens (tertiary/aromatic N) is 1. The molecule has 4 heteroatoms. The lowest BCUT2D eigenvalue weighted by molar-refractivity contribution is -0.135. The smallest absolute Gasteiger partial charge is 0.226 e. The van der Waals surface area contributed by atoms with Gasteiger partial charge in [0.2, 0.25) is 5.91 Å². The normalized spacial score (nSPS) is 18.4. The van der Waals surface area contributed by atoms with Gasteiger partial charge in [0.15, 0.2) is 0 Å². The average molecular weight is 326 g/mol. The molecule has 19 heavy (non-hydrogen) atoms. The molecule has 1 unspecified atom stereocenters. The molecule has 0 aliphatic heterocycles. The van der Waals surface area contributed by atoms with Gasteiger partial charge < -0.3 is 4.90 Å². The molecule has 1 atom stereocenters. The van der Waals surface area contributed by atoms with Crippen molar-refractivity contribution in [3.8, 4) is 0 Å². The molecule has 0 saturated heterocycles. The van der Waals surface area contributed by atoms with E-state index in [1.54, 1.807) is 24.1 Å². The Bertz CT molecular complexity index is 501. The van der Waals surface area contributed by atoms with Gasteiger partial charge in [-0.2, -0.15) is 0 Å². The highest BCUT2D eigenvalue weighted by molar-refractivity contribution is 9.10. The highest BCUT2D eigenvalue weighted by Gasteiger charge is 2.22. The Morgan fingerprint density at radius 3 is 2.95 bits per heavy atom. The quantitative estimate of drug-likeness (QED) is 0.772. The minimum absolute atomic E-state index is 0.0465. The summed E-state index contributed by atoms with van der Waals surface area (Å²) in [4.78, 5) is 13.9. The molecular weight excluding hydrogens is 309 g/mol. The predicted octanol–water partition coefficient (Wildman–Crippen LogP) is 3.90. The lowest BCUT2D eigenvalue weighted by atomic mass is 9.93. The first kappa shape index (κ1) is 14.3. The largest absolute Gasteiger partial charge is 0.341 e. The van der Waals surface area contributed by atoms with Crippen molar-refractivity contribution >= 4 is 21.8 Å². The van der Waals surface area contributed by atoms with Crippen molar-refractivity contribution in [2.24, 2.45) is 5.92 Å². The Balaban J connectivity index is 2.03. The zero-order valence-electron chi connectivity index (χ0n) is 10.9. The number of allylic oxidation sites excluding steroid dienone is 2. The molecule has 0 N–H and O–H groups in total. The van der Waals surface area contributed by atoms with Crippen LogP contribution in [0.3, 0.4) is 0 Å². The van der Waals surface area contributed by atoms with Crippen LogP contribution in [-0.2, 0) is 11.3 Å². The Morgan fingerprint density at radius 2 is 2.26 bits per heavy atom. The standard InChI is InChI=1S/C15H17BrFNO/c1-18(15(19)11-5-3-2-4-6-11)10-12-9-13(16)7-8-14(12)17/h2-3,7-9,11H,4-6,10H2,1H3. The maximum absolute atomic E-state index is 13.7. The molecule has 0 aromatic heterocycles. The topological polar surface area (TPSA) is 20.3 Å². The molecule has 1 aromatic rings. The first-order valence-corrected chi connectivity index (χ1v) is 7.21. The van der Waals surface area contributed by atoms with Crippen molar-refractivity contribution in [3.05, 3.63) is 46.2 Å². The van der Waals surface area contributed by atoms with Crippen LogP contribution >= 0.6 is 15.9 Å². The molecule has 0 bridgehead atoms. The summed E-state index contributed by atoms with van der Waals surface area (Å²) < 4.78 is 14.5. The van der Waals surface area contributed by atoms with E-state index in [1.165, 1.54) is 6.07 Å². The second-order valence-electron chi connectivity index (χ2n) is 4.91. The SMILES string of the molecule is CN(Cc1cc(Br)ccc1F)C(=O)C1CC=CCC1. The second-order valence-corrected chi connectivity index (χ2v) is 5.83. The Morgan fingerprint density at radius 1 is 1.47 bits per heavy atom. The van der Waals surface area contributed by atoms with Crippen LogP contribution in [0.25, 0.3) is 0 Å². The molecule has 0 heterocycles. The first-order chi connectivity index (χ1) is 9.08. The average Bonchev–Trinajstić information content (AvgIpc) is 2.43. The third-order valence-electron chi connectivity index (χ3n) is 3.41. The lowest BCUT2D eigenvalue weighted by Gasteiger charge is -2.24. The molecule has 1 aliphatic carbocycles. The highest BCUT2D eigenvalue weighted by atomic mass is 79.9. The van der Waals surface area contributed by atoms with Gasteiger partial charge in [-0.3, -0.25) is 4.79 Å². The summed E-state index contributed by atoms with van der Waals surface area (Å²) in [5, 5.41) is 0. The maximum Gasteiger partial charge on any atom is 0.226 e. The van der Waals surface area contributed by atoms with Crippen molar-refractivity contribution in [2.45, 2.75) is 25.8 Å². The number of carbonyl (C=O) groups is 1. The summed E-state index contributed by atoms with van der Waals surface area (Å²) in [6.45, 7) is 0.310. The van der Waals surface area contributed by atoms with Crippen LogP contribution in [0.5, 0.6) is 0 Å². The Kier molecular flexibility index (Phi) is 4.75. The van der Waals surface area contributed by atoms with Gasteiger partial charge in [0.05, 0.1) is 0 Å². The summed E-state index contributed by atoms with van der Waals surface area (Å²) in [7, 11) is 1.74. The third-order valence-corrected chi connectivity index (χ3v) is 3.90. The Labute approximate surface area is 121 Å². The summed E-state index contributed by atoms with van der Waals surface area (Å²) in [5.41, 5.74) is 0.538. The zero-order valence-corrected chi connectivity index (χ0v) is 12.5. The number of amides is 1. The van der Waals surface area contributed by atoms with Gasteiger partial charge in [-0.05, 0) is 37.5 Å². The molecule has 0 fully saturated rings. The van der Waals surface area contributed by atoms with E-state index in [2.05, 4.69) is 28.1 Å². The van der Waals surface area contributed by atoms with E-state index in [0.717, 1.165) is 23.7 Å². The van der Waals surface area contributed by atoms with Crippen LogP contribution in [0.4, 0.5) is 4.39 Å². The molecule has 2 nitrogen and oxygen atoms in total. The summed E-state index contributed by atoms with van der Waals surface area (Å²) in [6, 6.07) is 4.80. The van der Waals surface area contributed by atoms with E-state index in [0.29, 0.717) is 12.1 Å². The monoisotopic (exact) mass is 325 g/mol. The van der Waals surface area contributed by atoms with Gasteiger partial charge in [0.1, 0.15) is 5.82 Å². The summed E-state index contributed by atoms with van der Waals surface area (Å²) in [6.07, 6.45) is 6.80. The molecule has 1 aliphatic rings. The second kappa shape index (κ2) is 6.33. The lowest BCUT2D eigenvalue weighted by Crippen LogP contribution is -2.33. The molecule has 0 spiro atoms. The van der Waals surface area contributed by atoms with Gasteiger partial charge in [0, 0.05) is 29.5 Å². The van der Waals surface area contributed by atoms with Crippen LogP contribution in [0, 0.1) is 11.7 Å². The molecule has 0 saturated carbocycles. The first-order valence-electron chi connectivity index (χ1n) is 6.42. The number of hydrogen-bond acceptors (Lipinski definition) is 1. The highest BCUT2D eigenvalue weighted by Crippen LogP contribution is 2.22. The third kappa shape index (κ3) is 3.66. The van der Waals surface area contributed by atoms with Crippen molar-refractivity contribution in [2.75, 3.05) is 7.05 Å². The van der Waals surface area contributed by atoms with Crippen molar-refractivity contribution in [3.63, 3.8) is 0 Å².